The molecule has 1 aromatic carbocycles. The van der Waals surface area contributed by atoms with Crippen LogP contribution in [0.1, 0.15) is 41.6 Å². The van der Waals surface area contributed by atoms with Gasteiger partial charge in [0.05, 0.1) is 18.3 Å². The molecule has 158 valence electrons. The number of benzene rings is 1. The van der Waals surface area contributed by atoms with E-state index in [4.69, 9.17) is 4.74 Å². The van der Waals surface area contributed by atoms with Crippen LogP contribution in [-0.2, 0) is 22.5 Å². The molecule has 3 aromatic rings. The normalized spacial score (nSPS) is 11.1. The molecule has 8 heteroatoms. The van der Waals surface area contributed by atoms with Crippen LogP contribution in [0.25, 0.3) is 10.2 Å². The summed E-state index contributed by atoms with van der Waals surface area (Å²) in [6.45, 7) is 7.77. The van der Waals surface area contributed by atoms with Crippen LogP contribution in [0.4, 0.5) is 5.69 Å². The fraction of sp³-hybridized carbons (Fsp3) is 0.364. The summed E-state index contributed by atoms with van der Waals surface area (Å²) in [5.41, 5.74) is 1.93. The number of nitrogens with one attached hydrogen (secondary N) is 1. The van der Waals surface area contributed by atoms with Gasteiger partial charge >= 0.3 is 5.97 Å². The number of hydrogen-bond acceptors (Lipinski definition) is 6. The second-order valence-electron chi connectivity index (χ2n) is 7.47. The Bertz CT molecular complexity index is 1150. The monoisotopic (exact) mass is 427 g/mol. The number of fused-ring (bicyclic) bond motifs is 1. The Kier molecular flexibility index (Phi) is 6.66. The number of hydrogen-bond donors (Lipinski definition) is 1. The van der Waals surface area contributed by atoms with Crippen LogP contribution in [0.3, 0.4) is 0 Å². The van der Waals surface area contributed by atoms with Crippen LogP contribution < -0.4 is 10.9 Å². The van der Waals surface area contributed by atoms with Gasteiger partial charge in [-0.15, -0.1) is 11.3 Å². The first kappa shape index (κ1) is 21.7. The van der Waals surface area contributed by atoms with Gasteiger partial charge in [-0.3, -0.25) is 14.2 Å². The van der Waals surface area contributed by atoms with E-state index in [1.807, 2.05) is 45.0 Å². The van der Waals surface area contributed by atoms with Gasteiger partial charge in [0.1, 0.15) is 16.3 Å². The highest BCUT2D eigenvalue weighted by atomic mass is 32.1. The van der Waals surface area contributed by atoms with E-state index in [1.165, 1.54) is 10.9 Å². The van der Waals surface area contributed by atoms with Gasteiger partial charge in [0.25, 0.3) is 5.56 Å². The fourth-order valence-electron chi connectivity index (χ4n) is 3.07. The maximum absolute atomic E-state index is 13.0. The van der Waals surface area contributed by atoms with Crippen LogP contribution in [-0.4, -0.2) is 28.0 Å². The van der Waals surface area contributed by atoms with Crippen molar-refractivity contribution in [2.75, 3.05) is 11.9 Å². The molecule has 2 aromatic heterocycles. The van der Waals surface area contributed by atoms with Crippen molar-refractivity contribution in [1.82, 2.24) is 9.55 Å². The Hall–Kier alpha value is -3.00. The fourth-order valence-corrected chi connectivity index (χ4v) is 4.10. The van der Waals surface area contributed by atoms with Crippen molar-refractivity contribution in [1.29, 1.82) is 0 Å². The molecule has 3 rings (SSSR count). The van der Waals surface area contributed by atoms with Crippen molar-refractivity contribution in [3.63, 3.8) is 0 Å². The second kappa shape index (κ2) is 9.21. The molecular formula is C22H25N3O4S. The molecule has 1 N–H and O–H groups in total. The van der Waals surface area contributed by atoms with Crippen LogP contribution in [0.2, 0.25) is 0 Å². The molecule has 7 nitrogen and oxygen atoms in total. The molecular weight excluding hydrogens is 402 g/mol. The molecule has 0 atom stereocenters. The summed E-state index contributed by atoms with van der Waals surface area (Å²) in [4.78, 5) is 43.0. The Morgan fingerprint density at radius 2 is 2.00 bits per heavy atom. The number of aryl methyl sites for hydroxylation is 2. The van der Waals surface area contributed by atoms with E-state index < -0.39 is 5.97 Å². The summed E-state index contributed by atoms with van der Waals surface area (Å²) in [7, 11) is 0. The zero-order valence-corrected chi connectivity index (χ0v) is 18.3. The summed E-state index contributed by atoms with van der Waals surface area (Å²) in [6.07, 6.45) is 2.13. The summed E-state index contributed by atoms with van der Waals surface area (Å²) in [5, 5.41) is 3.20. The van der Waals surface area contributed by atoms with Gasteiger partial charge in [0.2, 0.25) is 5.91 Å². The number of para-hydroxylation sites is 1. The van der Waals surface area contributed by atoms with E-state index in [-0.39, 0.29) is 23.9 Å². The number of amides is 1. The minimum atomic E-state index is -0.455. The lowest BCUT2D eigenvalue weighted by molar-refractivity contribution is -0.116. The Labute approximate surface area is 178 Å². The number of thiophene rings is 1. The average Bonchev–Trinajstić information content (AvgIpc) is 3.06. The molecule has 0 aliphatic heterocycles. The molecule has 1 amide bonds. The second-order valence-corrected chi connectivity index (χ2v) is 8.46. The molecule has 0 saturated carbocycles. The summed E-state index contributed by atoms with van der Waals surface area (Å²) < 4.78 is 6.55. The predicted molar refractivity (Wildman–Crippen MR) is 118 cm³/mol. The largest absolute Gasteiger partial charge is 0.461 e. The molecule has 0 spiro atoms. The first-order valence-electron chi connectivity index (χ1n) is 9.85. The number of esters is 1. The molecule has 0 saturated heterocycles. The predicted octanol–water partition coefficient (Wildman–Crippen LogP) is 3.78. The number of carbonyl (C=O) groups excluding carboxylic acids is 2. The smallest absolute Gasteiger partial charge is 0.348 e. The van der Waals surface area contributed by atoms with Crippen molar-refractivity contribution < 1.29 is 14.3 Å². The van der Waals surface area contributed by atoms with E-state index in [0.29, 0.717) is 27.3 Å². The lowest BCUT2D eigenvalue weighted by atomic mass is 10.1. The number of nitrogens with zero attached hydrogens (tertiary/aromatic N) is 2. The topological polar surface area (TPSA) is 90.3 Å². The Morgan fingerprint density at radius 1 is 1.27 bits per heavy atom. The number of rotatable bonds is 7. The van der Waals surface area contributed by atoms with Gasteiger partial charge < -0.3 is 10.1 Å². The Balaban J connectivity index is 1.84. The van der Waals surface area contributed by atoms with Crippen LogP contribution in [0, 0.1) is 12.8 Å². The van der Waals surface area contributed by atoms with E-state index in [0.717, 1.165) is 29.0 Å². The van der Waals surface area contributed by atoms with Gasteiger partial charge in [-0.1, -0.05) is 39.0 Å². The SMILES string of the molecule is CCc1ccccc1NC(=O)Cn1cnc2sc(C(=O)OCC(C)C)c(C)c2c1=O. The number of carbonyl (C=O) groups is 2. The molecule has 0 bridgehead atoms. The van der Waals surface area contributed by atoms with Gasteiger partial charge in [-0.05, 0) is 36.5 Å². The van der Waals surface area contributed by atoms with E-state index >= 15 is 0 Å². The van der Waals surface area contributed by atoms with Crippen molar-refractivity contribution in [3.8, 4) is 0 Å². The van der Waals surface area contributed by atoms with E-state index in [1.54, 1.807) is 6.92 Å². The molecule has 0 fully saturated rings. The standard InChI is InChI=1S/C22H25N3O4S/c1-5-15-8-6-7-9-16(15)24-17(26)10-25-12-23-20-18(21(25)27)14(4)19(30-20)22(28)29-11-13(2)3/h6-9,12-13H,5,10-11H2,1-4H3,(H,24,26). The van der Waals surface area contributed by atoms with Crippen LogP contribution in [0.5, 0.6) is 0 Å². The molecule has 0 aliphatic rings. The third-order valence-corrected chi connectivity index (χ3v) is 5.82. The third kappa shape index (κ3) is 4.59. The maximum Gasteiger partial charge on any atom is 0.348 e. The summed E-state index contributed by atoms with van der Waals surface area (Å²) in [5.74, 6) is -0.553. The van der Waals surface area contributed by atoms with Gasteiger partial charge in [0.15, 0.2) is 0 Å². The lowest BCUT2D eigenvalue weighted by Crippen LogP contribution is -2.28. The van der Waals surface area contributed by atoms with Crippen LogP contribution >= 0.6 is 11.3 Å². The highest BCUT2D eigenvalue weighted by Gasteiger charge is 2.21. The quantitative estimate of drug-likeness (QED) is 0.580. The summed E-state index contributed by atoms with van der Waals surface area (Å²) >= 11 is 1.13. The zero-order chi connectivity index (χ0) is 21.8. The lowest BCUT2D eigenvalue weighted by Gasteiger charge is -2.10. The average molecular weight is 428 g/mol. The highest BCUT2D eigenvalue weighted by Crippen LogP contribution is 2.27. The van der Waals surface area contributed by atoms with Crippen molar-refractivity contribution in [2.45, 2.75) is 40.7 Å². The van der Waals surface area contributed by atoms with Crippen molar-refractivity contribution in [2.24, 2.45) is 5.92 Å². The van der Waals surface area contributed by atoms with E-state index in [9.17, 15) is 14.4 Å². The third-order valence-electron chi connectivity index (χ3n) is 4.64. The first-order valence-corrected chi connectivity index (χ1v) is 10.7. The number of anilines is 1. The molecule has 0 aliphatic carbocycles. The summed E-state index contributed by atoms with van der Waals surface area (Å²) in [6, 6.07) is 7.55. The molecule has 30 heavy (non-hydrogen) atoms. The van der Waals surface area contributed by atoms with Gasteiger partial charge in [-0.25, -0.2) is 9.78 Å². The molecule has 2 heterocycles. The van der Waals surface area contributed by atoms with Gasteiger partial charge in [-0.2, -0.15) is 0 Å². The number of ether oxygens (including phenoxy) is 1. The Morgan fingerprint density at radius 3 is 2.70 bits per heavy atom. The highest BCUT2D eigenvalue weighted by molar-refractivity contribution is 7.20. The van der Waals surface area contributed by atoms with Crippen LogP contribution in [0.15, 0.2) is 35.4 Å². The maximum atomic E-state index is 13.0. The minimum Gasteiger partial charge on any atom is -0.461 e. The molecule has 0 unspecified atom stereocenters. The first-order chi connectivity index (χ1) is 14.3. The minimum absolute atomic E-state index is 0.164. The zero-order valence-electron chi connectivity index (χ0n) is 17.5. The van der Waals surface area contributed by atoms with Crippen molar-refractivity contribution >= 4 is 39.1 Å². The van der Waals surface area contributed by atoms with E-state index in [2.05, 4.69) is 10.3 Å². The number of aromatic nitrogens is 2. The van der Waals surface area contributed by atoms with Crippen molar-refractivity contribution in [3.05, 3.63) is 57.0 Å². The van der Waals surface area contributed by atoms with Gasteiger partial charge in [0, 0.05) is 5.69 Å². The molecule has 0 radical (unpaired) electrons.